The summed E-state index contributed by atoms with van der Waals surface area (Å²) < 4.78 is 7.31. The van der Waals surface area contributed by atoms with Gasteiger partial charge in [0.25, 0.3) is 5.91 Å². The summed E-state index contributed by atoms with van der Waals surface area (Å²) in [5.41, 5.74) is 10.5. The largest absolute Gasteiger partial charge is 0.481 e. The average Bonchev–Trinajstić information content (AvgIpc) is 3.62. The first-order valence-electron chi connectivity index (χ1n) is 13.2. The number of carboxylic acid groups (broad SMARTS) is 1. The fourth-order valence-corrected chi connectivity index (χ4v) is 4.71. The number of nitrogens with zero attached hydrogens (tertiary/aromatic N) is 4. The Bertz CT molecular complexity index is 1580. The molecule has 41 heavy (non-hydrogen) atoms. The van der Waals surface area contributed by atoms with Gasteiger partial charge in [-0.05, 0) is 47.7 Å². The molecule has 0 spiro atoms. The molecule has 3 heterocycles. The molecule has 1 atom stereocenters. The highest BCUT2D eigenvalue weighted by atomic mass is 16.6. The van der Waals surface area contributed by atoms with Crippen LogP contribution in [0.1, 0.15) is 28.8 Å². The van der Waals surface area contributed by atoms with Crippen molar-refractivity contribution in [3.05, 3.63) is 84.3 Å². The number of pyridine rings is 1. The zero-order valence-electron chi connectivity index (χ0n) is 22.5. The number of nitrogens with one attached hydrogen (secondary N) is 1. The summed E-state index contributed by atoms with van der Waals surface area (Å²) in [6.07, 6.45) is 5.73. The molecule has 210 valence electrons. The van der Waals surface area contributed by atoms with E-state index in [1.54, 1.807) is 46.2 Å². The predicted octanol–water partition coefficient (Wildman–Crippen LogP) is 3.75. The molecular weight excluding hydrogens is 524 g/mol. The van der Waals surface area contributed by atoms with Crippen LogP contribution < -0.4 is 15.8 Å². The van der Waals surface area contributed by atoms with E-state index in [-0.39, 0.29) is 29.8 Å². The molecular formula is C30H30N6O5. The van der Waals surface area contributed by atoms with Gasteiger partial charge in [-0.1, -0.05) is 36.4 Å². The number of likely N-dealkylation sites (tertiary alicyclic amines) is 1. The summed E-state index contributed by atoms with van der Waals surface area (Å²) in [6.45, 7) is 0.739. The molecule has 1 aliphatic heterocycles. The number of aromatic nitrogens is 3. The molecule has 2 aromatic carbocycles. The van der Waals surface area contributed by atoms with Crippen LogP contribution in [0.4, 0.5) is 10.6 Å². The Morgan fingerprint density at radius 1 is 1.05 bits per heavy atom. The Morgan fingerprint density at radius 3 is 2.59 bits per heavy atom. The third-order valence-electron chi connectivity index (χ3n) is 6.94. The Hall–Kier alpha value is -5.19. The molecule has 2 aromatic heterocycles. The van der Waals surface area contributed by atoms with Gasteiger partial charge in [-0.15, -0.1) is 0 Å². The summed E-state index contributed by atoms with van der Waals surface area (Å²) in [4.78, 5) is 42.5. The van der Waals surface area contributed by atoms with E-state index in [4.69, 9.17) is 15.6 Å². The van der Waals surface area contributed by atoms with Crippen LogP contribution in [-0.4, -0.2) is 61.9 Å². The fourth-order valence-electron chi connectivity index (χ4n) is 4.71. The van der Waals surface area contributed by atoms with Gasteiger partial charge >= 0.3 is 12.1 Å². The monoisotopic (exact) mass is 554 g/mol. The number of anilines is 1. The molecule has 4 aromatic rings. The summed E-state index contributed by atoms with van der Waals surface area (Å²) in [5.74, 6) is -0.660. The summed E-state index contributed by atoms with van der Waals surface area (Å²) in [7, 11) is 1.81. The van der Waals surface area contributed by atoms with E-state index >= 15 is 0 Å². The van der Waals surface area contributed by atoms with Crippen LogP contribution in [0, 0.1) is 0 Å². The number of ether oxygens (including phenoxy) is 1. The number of benzene rings is 2. The van der Waals surface area contributed by atoms with Gasteiger partial charge in [-0.3, -0.25) is 14.3 Å². The lowest BCUT2D eigenvalue weighted by molar-refractivity contribution is -0.136. The van der Waals surface area contributed by atoms with Crippen LogP contribution in [0.5, 0.6) is 5.75 Å². The molecule has 1 fully saturated rings. The van der Waals surface area contributed by atoms with Crippen molar-refractivity contribution in [2.24, 2.45) is 7.05 Å². The number of nitrogen functional groups attached to an aromatic ring is 1. The van der Waals surface area contributed by atoms with Gasteiger partial charge in [0.05, 0.1) is 11.8 Å². The van der Waals surface area contributed by atoms with Crippen LogP contribution in [0.3, 0.4) is 0 Å². The van der Waals surface area contributed by atoms with Crippen molar-refractivity contribution in [3.8, 4) is 28.0 Å². The first-order chi connectivity index (χ1) is 19.7. The molecule has 0 bridgehead atoms. The standard InChI is InChI=1S/C30H30N6O5/c1-35-17-23(16-33-35)22-14-26(28(31)32-15-22)29(39)34-24-11-12-36(18-24)30(40)41-25-4-2-3-21(13-25)20-8-5-19(6-9-20)7-10-27(37)38/h2-6,8-9,13-17,24H,7,10-12,18H2,1H3,(H2,31,32)(H,34,39)(H,37,38)/t24-/m1/s1. The molecule has 5 rings (SSSR count). The third kappa shape index (κ3) is 6.70. The van der Waals surface area contributed by atoms with E-state index in [9.17, 15) is 14.4 Å². The third-order valence-corrected chi connectivity index (χ3v) is 6.94. The van der Waals surface area contributed by atoms with Crippen LogP contribution >= 0.6 is 0 Å². The van der Waals surface area contributed by atoms with Gasteiger partial charge in [0, 0.05) is 56.1 Å². The van der Waals surface area contributed by atoms with Crippen molar-refractivity contribution in [2.45, 2.75) is 25.3 Å². The van der Waals surface area contributed by atoms with Gasteiger partial charge in [0.1, 0.15) is 11.6 Å². The molecule has 0 radical (unpaired) electrons. The number of carbonyl (C=O) groups excluding carboxylic acids is 2. The second kappa shape index (κ2) is 11.9. The molecule has 11 nitrogen and oxygen atoms in total. The van der Waals surface area contributed by atoms with Gasteiger partial charge in [0.15, 0.2) is 0 Å². The second-order valence-electron chi connectivity index (χ2n) is 9.95. The van der Waals surface area contributed by atoms with E-state index in [0.717, 1.165) is 27.8 Å². The quantitative estimate of drug-likeness (QED) is 0.298. The van der Waals surface area contributed by atoms with Crippen molar-refractivity contribution in [1.82, 2.24) is 25.0 Å². The fraction of sp³-hybridized carbons (Fsp3) is 0.233. The van der Waals surface area contributed by atoms with Crippen LogP contribution in [-0.2, 0) is 18.3 Å². The van der Waals surface area contributed by atoms with E-state index in [2.05, 4.69) is 15.4 Å². The van der Waals surface area contributed by atoms with E-state index in [1.807, 2.05) is 43.6 Å². The van der Waals surface area contributed by atoms with Crippen LogP contribution in [0.15, 0.2) is 73.2 Å². The number of amides is 2. The Morgan fingerprint density at radius 2 is 1.85 bits per heavy atom. The highest BCUT2D eigenvalue weighted by Gasteiger charge is 2.29. The Balaban J connectivity index is 1.17. The summed E-state index contributed by atoms with van der Waals surface area (Å²) in [6, 6.07) is 16.3. The summed E-state index contributed by atoms with van der Waals surface area (Å²) >= 11 is 0. The number of aliphatic carboxylic acids is 1. The lowest BCUT2D eigenvalue weighted by Crippen LogP contribution is -2.39. The molecule has 0 unspecified atom stereocenters. The van der Waals surface area contributed by atoms with Crippen molar-refractivity contribution >= 4 is 23.8 Å². The maximum Gasteiger partial charge on any atom is 0.415 e. The lowest BCUT2D eigenvalue weighted by Gasteiger charge is -2.17. The van der Waals surface area contributed by atoms with Gasteiger partial charge in [-0.2, -0.15) is 5.10 Å². The molecule has 4 N–H and O–H groups in total. The second-order valence-corrected chi connectivity index (χ2v) is 9.95. The zero-order valence-corrected chi connectivity index (χ0v) is 22.5. The minimum atomic E-state index is -0.830. The summed E-state index contributed by atoms with van der Waals surface area (Å²) in [5, 5.41) is 16.0. The lowest BCUT2D eigenvalue weighted by atomic mass is 10.0. The number of hydrogen-bond acceptors (Lipinski definition) is 7. The molecule has 1 saturated heterocycles. The highest BCUT2D eigenvalue weighted by Crippen LogP contribution is 2.26. The molecule has 11 heteroatoms. The van der Waals surface area contributed by atoms with Crippen molar-refractivity contribution in [3.63, 3.8) is 0 Å². The van der Waals surface area contributed by atoms with Crippen molar-refractivity contribution in [1.29, 1.82) is 0 Å². The highest BCUT2D eigenvalue weighted by molar-refractivity contribution is 5.99. The number of aryl methyl sites for hydroxylation is 2. The number of hydrogen-bond donors (Lipinski definition) is 3. The van der Waals surface area contributed by atoms with Crippen molar-refractivity contribution in [2.75, 3.05) is 18.8 Å². The van der Waals surface area contributed by atoms with Gasteiger partial charge in [0.2, 0.25) is 0 Å². The maximum atomic E-state index is 13.0. The first-order valence-corrected chi connectivity index (χ1v) is 13.2. The minimum Gasteiger partial charge on any atom is -0.481 e. The smallest absolute Gasteiger partial charge is 0.415 e. The average molecular weight is 555 g/mol. The van der Waals surface area contributed by atoms with Gasteiger partial charge in [-0.25, -0.2) is 9.78 Å². The topological polar surface area (TPSA) is 153 Å². The Labute approximate surface area is 236 Å². The van der Waals surface area contributed by atoms with E-state index < -0.39 is 12.1 Å². The number of nitrogens with two attached hydrogens (primary N) is 1. The zero-order chi connectivity index (χ0) is 28.9. The molecule has 0 saturated carbocycles. The minimum absolute atomic E-state index is 0.0798. The van der Waals surface area contributed by atoms with Crippen LogP contribution in [0.2, 0.25) is 0 Å². The van der Waals surface area contributed by atoms with E-state index in [1.165, 1.54) is 0 Å². The Kier molecular flexibility index (Phi) is 7.95. The van der Waals surface area contributed by atoms with Crippen molar-refractivity contribution < 1.29 is 24.2 Å². The molecule has 0 aliphatic carbocycles. The van der Waals surface area contributed by atoms with Gasteiger partial charge < -0.3 is 25.8 Å². The predicted molar refractivity (Wildman–Crippen MR) is 152 cm³/mol. The molecule has 2 amide bonds. The first kappa shape index (κ1) is 27.4. The van der Waals surface area contributed by atoms with Crippen LogP contribution in [0.25, 0.3) is 22.3 Å². The SMILES string of the molecule is Cn1cc(-c2cnc(N)c(C(=O)N[C@@H]3CCN(C(=O)Oc4cccc(-c5ccc(CCC(=O)O)cc5)c4)C3)c2)cn1. The van der Waals surface area contributed by atoms with E-state index in [0.29, 0.717) is 31.7 Å². The number of rotatable bonds is 8. The number of carbonyl (C=O) groups is 3. The molecule has 1 aliphatic rings. The number of carboxylic acids is 1. The normalized spacial score (nSPS) is 14.6. The maximum absolute atomic E-state index is 13.0.